The van der Waals surface area contributed by atoms with Gasteiger partial charge in [-0.2, -0.15) is 0 Å². The van der Waals surface area contributed by atoms with Crippen molar-refractivity contribution in [3.63, 3.8) is 0 Å². The summed E-state index contributed by atoms with van der Waals surface area (Å²) in [5.41, 5.74) is 0.558. The van der Waals surface area contributed by atoms with Crippen LogP contribution in [0.15, 0.2) is 39.5 Å². The van der Waals surface area contributed by atoms with Crippen molar-refractivity contribution in [2.45, 2.75) is 6.92 Å². The standard InChI is InChI=1S/C18H18N2O6/c1-10-5-6-12(26-10)17-15(19-9-25-17)18(21)20-11-7-13(22-2)16(24-4)14(8-11)23-3/h5-9H,1-4H3,(H,20,21). The van der Waals surface area contributed by atoms with E-state index in [1.165, 1.54) is 27.7 Å². The van der Waals surface area contributed by atoms with Gasteiger partial charge in [0.2, 0.25) is 11.5 Å². The van der Waals surface area contributed by atoms with Gasteiger partial charge in [0.25, 0.3) is 5.91 Å². The zero-order valence-corrected chi connectivity index (χ0v) is 14.8. The third kappa shape index (κ3) is 3.21. The van der Waals surface area contributed by atoms with Crippen molar-refractivity contribution >= 4 is 11.6 Å². The summed E-state index contributed by atoms with van der Waals surface area (Å²) in [5.74, 6) is 2.19. The summed E-state index contributed by atoms with van der Waals surface area (Å²) in [5, 5.41) is 2.74. The van der Waals surface area contributed by atoms with Crippen molar-refractivity contribution < 1.29 is 27.8 Å². The molecule has 8 heteroatoms. The molecular formula is C18H18N2O6. The highest BCUT2D eigenvalue weighted by molar-refractivity contribution is 6.06. The van der Waals surface area contributed by atoms with Gasteiger partial charge in [-0.15, -0.1) is 0 Å². The summed E-state index contributed by atoms with van der Waals surface area (Å²) in [4.78, 5) is 16.6. The summed E-state index contributed by atoms with van der Waals surface area (Å²) < 4.78 is 26.6. The average Bonchev–Trinajstić information content (AvgIpc) is 3.29. The number of oxazole rings is 1. The van der Waals surface area contributed by atoms with Gasteiger partial charge >= 0.3 is 0 Å². The van der Waals surface area contributed by atoms with Crippen LogP contribution in [0.3, 0.4) is 0 Å². The van der Waals surface area contributed by atoms with Crippen molar-refractivity contribution in [2.75, 3.05) is 26.6 Å². The number of methoxy groups -OCH3 is 3. The Morgan fingerprint density at radius 1 is 1.08 bits per heavy atom. The Morgan fingerprint density at radius 2 is 1.77 bits per heavy atom. The Morgan fingerprint density at radius 3 is 2.31 bits per heavy atom. The molecule has 3 aromatic rings. The maximum absolute atomic E-state index is 12.6. The molecule has 0 atom stereocenters. The monoisotopic (exact) mass is 358 g/mol. The Bertz CT molecular complexity index is 902. The molecule has 0 radical (unpaired) electrons. The van der Waals surface area contributed by atoms with Gasteiger partial charge in [-0.05, 0) is 19.1 Å². The SMILES string of the molecule is COc1cc(NC(=O)c2ncoc2-c2ccc(C)o2)cc(OC)c1OC. The van der Waals surface area contributed by atoms with Crippen LogP contribution in [0.1, 0.15) is 16.2 Å². The summed E-state index contributed by atoms with van der Waals surface area (Å²) in [6, 6.07) is 6.73. The summed E-state index contributed by atoms with van der Waals surface area (Å²) in [6.07, 6.45) is 1.19. The smallest absolute Gasteiger partial charge is 0.278 e. The zero-order chi connectivity index (χ0) is 18.7. The van der Waals surface area contributed by atoms with E-state index in [0.29, 0.717) is 34.5 Å². The molecule has 0 fully saturated rings. The average molecular weight is 358 g/mol. The maximum Gasteiger partial charge on any atom is 0.278 e. The van der Waals surface area contributed by atoms with Crippen LogP contribution in [0.5, 0.6) is 17.2 Å². The van der Waals surface area contributed by atoms with E-state index in [4.69, 9.17) is 23.0 Å². The van der Waals surface area contributed by atoms with Gasteiger partial charge in [0.05, 0.1) is 21.3 Å². The van der Waals surface area contributed by atoms with E-state index in [0.717, 1.165) is 0 Å². The number of nitrogens with one attached hydrogen (secondary N) is 1. The number of ether oxygens (including phenoxy) is 3. The van der Waals surface area contributed by atoms with Crippen molar-refractivity contribution in [1.82, 2.24) is 4.98 Å². The third-order valence-corrected chi connectivity index (χ3v) is 3.67. The lowest BCUT2D eigenvalue weighted by Gasteiger charge is -2.14. The van der Waals surface area contributed by atoms with Crippen LogP contribution in [0.25, 0.3) is 11.5 Å². The minimum absolute atomic E-state index is 0.105. The number of nitrogens with zero attached hydrogens (tertiary/aromatic N) is 1. The number of amides is 1. The zero-order valence-electron chi connectivity index (χ0n) is 14.8. The third-order valence-electron chi connectivity index (χ3n) is 3.67. The first-order valence-corrected chi connectivity index (χ1v) is 7.69. The number of furan rings is 1. The van der Waals surface area contributed by atoms with E-state index in [2.05, 4.69) is 10.3 Å². The fourth-order valence-electron chi connectivity index (χ4n) is 2.48. The number of aromatic nitrogens is 1. The van der Waals surface area contributed by atoms with Gasteiger partial charge in [0, 0.05) is 17.8 Å². The molecule has 0 aliphatic carbocycles. The molecule has 0 saturated heterocycles. The molecular weight excluding hydrogens is 340 g/mol. The second-order valence-corrected chi connectivity index (χ2v) is 5.31. The number of anilines is 1. The number of carbonyl (C=O) groups excluding carboxylic acids is 1. The molecule has 26 heavy (non-hydrogen) atoms. The van der Waals surface area contributed by atoms with Crippen molar-refractivity contribution in [3.8, 4) is 28.8 Å². The molecule has 0 bridgehead atoms. The fraction of sp³-hybridized carbons (Fsp3) is 0.222. The molecule has 136 valence electrons. The number of benzene rings is 1. The van der Waals surface area contributed by atoms with Crippen LogP contribution >= 0.6 is 0 Å². The molecule has 0 saturated carbocycles. The van der Waals surface area contributed by atoms with Gasteiger partial charge in [0.15, 0.2) is 29.3 Å². The first-order valence-electron chi connectivity index (χ1n) is 7.69. The van der Waals surface area contributed by atoms with Gasteiger partial charge in [-0.25, -0.2) is 4.98 Å². The highest BCUT2D eigenvalue weighted by Crippen LogP contribution is 2.40. The molecule has 0 aliphatic heterocycles. The number of hydrogen-bond acceptors (Lipinski definition) is 7. The second-order valence-electron chi connectivity index (χ2n) is 5.31. The minimum atomic E-state index is -0.461. The van der Waals surface area contributed by atoms with Crippen molar-refractivity contribution in [1.29, 1.82) is 0 Å². The first-order chi connectivity index (χ1) is 12.6. The van der Waals surface area contributed by atoms with Crippen LogP contribution in [0.2, 0.25) is 0 Å². The molecule has 1 amide bonds. The fourth-order valence-corrected chi connectivity index (χ4v) is 2.48. The molecule has 0 unspecified atom stereocenters. The normalized spacial score (nSPS) is 10.5. The van der Waals surface area contributed by atoms with Crippen LogP contribution < -0.4 is 19.5 Å². The molecule has 0 spiro atoms. The Labute approximate surface area is 149 Å². The summed E-state index contributed by atoms with van der Waals surface area (Å²) in [7, 11) is 4.50. The predicted octanol–water partition coefficient (Wildman–Crippen LogP) is 3.52. The highest BCUT2D eigenvalue weighted by Gasteiger charge is 2.22. The lowest BCUT2D eigenvalue weighted by molar-refractivity contribution is 0.102. The largest absolute Gasteiger partial charge is 0.493 e. The van der Waals surface area contributed by atoms with Crippen molar-refractivity contribution in [2.24, 2.45) is 0 Å². The predicted molar refractivity (Wildman–Crippen MR) is 93.0 cm³/mol. The number of aryl methyl sites for hydroxylation is 1. The number of carbonyl (C=O) groups is 1. The molecule has 8 nitrogen and oxygen atoms in total. The van der Waals surface area contributed by atoms with E-state index in [1.54, 1.807) is 31.2 Å². The van der Waals surface area contributed by atoms with Gasteiger partial charge in [-0.3, -0.25) is 4.79 Å². The highest BCUT2D eigenvalue weighted by atomic mass is 16.5. The first kappa shape index (κ1) is 17.4. The molecule has 3 rings (SSSR count). The lowest BCUT2D eigenvalue weighted by atomic mass is 10.2. The van der Waals surface area contributed by atoms with Crippen LogP contribution in [0, 0.1) is 6.92 Å². The molecule has 2 heterocycles. The minimum Gasteiger partial charge on any atom is -0.493 e. The summed E-state index contributed by atoms with van der Waals surface area (Å²) >= 11 is 0. The van der Waals surface area contributed by atoms with E-state index in [9.17, 15) is 4.79 Å². The van der Waals surface area contributed by atoms with Gasteiger partial charge in [0.1, 0.15) is 5.76 Å². The second kappa shape index (κ2) is 7.22. The van der Waals surface area contributed by atoms with E-state index >= 15 is 0 Å². The molecule has 0 aliphatic rings. The van der Waals surface area contributed by atoms with E-state index < -0.39 is 5.91 Å². The summed E-state index contributed by atoms with van der Waals surface area (Å²) in [6.45, 7) is 1.80. The van der Waals surface area contributed by atoms with Gasteiger partial charge < -0.3 is 28.4 Å². The topological polar surface area (TPSA) is 96.0 Å². The molecule has 2 aromatic heterocycles. The Balaban J connectivity index is 1.91. The van der Waals surface area contributed by atoms with E-state index in [-0.39, 0.29) is 11.5 Å². The van der Waals surface area contributed by atoms with Crippen molar-refractivity contribution in [3.05, 3.63) is 42.1 Å². The van der Waals surface area contributed by atoms with Crippen LogP contribution in [0.4, 0.5) is 5.69 Å². The number of rotatable bonds is 6. The lowest BCUT2D eigenvalue weighted by Crippen LogP contribution is -2.13. The van der Waals surface area contributed by atoms with E-state index in [1.807, 2.05) is 0 Å². The molecule has 1 N–H and O–H groups in total. The quantitative estimate of drug-likeness (QED) is 0.720. The van der Waals surface area contributed by atoms with Crippen LogP contribution in [-0.4, -0.2) is 32.2 Å². The van der Waals surface area contributed by atoms with Crippen LogP contribution in [-0.2, 0) is 0 Å². The maximum atomic E-state index is 12.6. The Hall–Kier alpha value is -3.42. The Kier molecular flexibility index (Phi) is 4.83. The molecule has 1 aromatic carbocycles. The number of hydrogen-bond donors (Lipinski definition) is 1. The van der Waals surface area contributed by atoms with Gasteiger partial charge in [-0.1, -0.05) is 0 Å².